The highest BCUT2D eigenvalue weighted by atomic mass is 35.5. The molecule has 0 aliphatic rings. The van der Waals surface area contributed by atoms with Crippen LogP contribution in [0.15, 0.2) is 89.7 Å². The van der Waals surface area contributed by atoms with Crippen LogP contribution in [-0.2, 0) is 4.79 Å². The molecule has 0 saturated carbocycles. The maximum absolute atomic E-state index is 12.6. The maximum atomic E-state index is 12.6. The zero-order valence-corrected chi connectivity index (χ0v) is 19.5. The molecule has 1 aromatic heterocycles. The molecule has 0 atom stereocenters. The summed E-state index contributed by atoms with van der Waals surface area (Å²) in [7, 11) is 0. The van der Waals surface area contributed by atoms with Crippen LogP contribution in [-0.4, -0.2) is 28.2 Å². The summed E-state index contributed by atoms with van der Waals surface area (Å²) in [5.41, 5.74) is 6.44. The summed E-state index contributed by atoms with van der Waals surface area (Å²) in [5, 5.41) is 4.70. The fraction of sp³-hybridized carbons (Fsp3) is 0.0769. The van der Waals surface area contributed by atoms with Crippen molar-refractivity contribution >= 4 is 23.4 Å². The highest BCUT2D eigenvalue weighted by molar-refractivity contribution is 6.30. The van der Waals surface area contributed by atoms with Gasteiger partial charge in [-0.25, -0.2) is 4.68 Å². The SMILES string of the molecule is Cc1cc(=O)c(C(=O)NNC(=O)COc2ccccc2-c2ccccc2)nn1-c1ccc(Cl)cc1. The van der Waals surface area contributed by atoms with Crippen molar-refractivity contribution in [1.29, 1.82) is 0 Å². The first-order chi connectivity index (χ1) is 16.9. The molecule has 9 heteroatoms. The topological polar surface area (TPSA) is 102 Å². The van der Waals surface area contributed by atoms with E-state index >= 15 is 0 Å². The van der Waals surface area contributed by atoms with E-state index in [0.29, 0.717) is 22.2 Å². The van der Waals surface area contributed by atoms with Crippen molar-refractivity contribution in [3.63, 3.8) is 0 Å². The van der Waals surface area contributed by atoms with Crippen molar-refractivity contribution in [1.82, 2.24) is 20.6 Å². The Labute approximate surface area is 206 Å². The van der Waals surface area contributed by atoms with Gasteiger partial charge in [0.25, 0.3) is 11.8 Å². The standard InChI is InChI=1S/C26H21ClN4O4/c1-17-15-22(32)25(30-31(17)20-13-11-19(27)12-14-20)26(34)29-28-24(33)16-35-23-10-6-5-9-21(23)18-7-3-2-4-8-18/h2-15H,16H2,1H3,(H,28,33)(H,29,34). The molecule has 0 bridgehead atoms. The van der Waals surface area contributed by atoms with Gasteiger partial charge in [0, 0.05) is 22.3 Å². The summed E-state index contributed by atoms with van der Waals surface area (Å²) >= 11 is 5.93. The zero-order chi connectivity index (χ0) is 24.8. The molecule has 1 heterocycles. The lowest BCUT2D eigenvalue weighted by molar-refractivity contribution is -0.123. The molecular formula is C26H21ClN4O4. The van der Waals surface area contributed by atoms with Gasteiger partial charge in [0.2, 0.25) is 5.43 Å². The van der Waals surface area contributed by atoms with E-state index in [9.17, 15) is 14.4 Å². The summed E-state index contributed by atoms with van der Waals surface area (Å²) in [6.45, 7) is 1.34. The normalized spacial score (nSPS) is 10.5. The fourth-order valence-electron chi connectivity index (χ4n) is 3.36. The fourth-order valence-corrected chi connectivity index (χ4v) is 3.49. The first-order valence-electron chi connectivity index (χ1n) is 10.7. The number of hydrazine groups is 1. The first-order valence-corrected chi connectivity index (χ1v) is 11.0. The molecule has 0 unspecified atom stereocenters. The second-order valence-electron chi connectivity index (χ2n) is 7.54. The van der Waals surface area contributed by atoms with E-state index in [1.807, 2.05) is 42.5 Å². The van der Waals surface area contributed by atoms with Crippen molar-refractivity contribution in [3.8, 4) is 22.6 Å². The van der Waals surface area contributed by atoms with Crippen molar-refractivity contribution in [2.24, 2.45) is 0 Å². The van der Waals surface area contributed by atoms with Crippen LogP contribution in [0.5, 0.6) is 5.75 Å². The minimum atomic E-state index is -0.851. The smallest absolute Gasteiger partial charge is 0.294 e. The van der Waals surface area contributed by atoms with E-state index < -0.39 is 17.2 Å². The lowest BCUT2D eigenvalue weighted by Crippen LogP contribution is -2.45. The van der Waals surface area contributed by atoms with Gasteiger partial charge < -0.3 is 4.74 Å². The van der Waals surface area contributed by atoms with Crippen LogP contribution in [0.3, 0.4) is 0 Å². The van der Waals surface area contributed by atoms with Crippen LogP contribution >= 0.6 is 11.6 Å². The Morgan fingerprint density at radius 1 is 0.943 bits per heavy atom. The Balaban J connectivity index is 1.41. The van der Waals surface area contributed by atoms with Crippen LogP contribution < -0.4 is 21.0 Å². The molecule has 0 aliphatic heterocycles. The summed E-state index contributed by atoms with van der Waals surface area (Å²) in [4.78, 5) is 37.2. The minimum Gasteiger partial charge on any atom is -0.483 e. The Morgan fingerprint density at radius 3 is 2.37 bits per heavy atom. The maximum Gasteiger partial charge on any atom is 0.294 e. The number of aryl methyl sites for hydroxylation is 1. The van der Waals surface area contributed by atoms with Gasteiger partial charge >= 0.3 is 0 Å². The summed E-state index contributed by atoms with van der Waals surface area (Å²) in [5.74, 6) is -0.937. The number of halogens is 1. The van der Waals surface area contributed by atoms with Gasteiger partial charge in [-0.05, 0) is 42.8 Å². The molecule has 4 aromatic rings. The molecule has 3 aromatic carbocycles. The minimum absolute atomic E-state index is 0.347. The number of benzene rings is 3. The molecule has 0 radical (unpaired) electrons. The number of hydrogen-bond donors (Lipinski definition) is 2. The van der Waals surface area contributed by atoms with Crippen molar-refractivity contribution in [2.75, 3.05) is 6.61 Å². The lowest BCUT2D eigenvalue weighted by Gasteiger charge is -2.13. The second-order valence-corrected chi connectivity index (χ2v) is 7.98. The first kappa shape index (κ1) is 23.7. The third-order valence-electron chi connectivity index (χ3n) is 5.04. The number of hydrogen-bond acceptors (Lipinski definition) is 5. The van der Waals surface area contributed by atoms with Gasteiger partial charge in [0.15, 0.2) is 12.3 Å². The van der Waals surface area contributed by atoms with Gasteiger partial charge in [0.1, 0.15) is 5.75 Å². The molecule has 8 nitrogen and oxygen atoms in total. The summed E-state index contributed by atoms with van der Waals surface area (Å²) in [6.07, 6.45) is 0. The summed E-state index contributed by atoms with van der Waals surface area (Å²) < 4.78 is 7.10. The molecule has 4 rings (SSSR count). The molecule has 176 valence electrons. The predicted molar refractivity (Wildman–Crippen MR) is 133 cm³/mol. The molecule has 0 spiro atoms. The van der Waals surface area contributed by atoms with Crippen molar-refractivity contribution in [3.05, 3.63) is 112 Å². The number of rotatable bonds is 6. The van der Waals surface area contributed by atoms with Crippen LogP contribution in [0, 0.1) is 6.92 Å². The molecule has 2 N–H and O–H groups in total. The predicted octanol–water partition coefficient (Wildman–Crippen LogP) is 3.70. The Bertz CT molecular complexity index is 1420. The number of para-hydroxylation sites is 1. The number of carbonyl (C=O) groups is 2. The number of nitrogens with zero attached hydrogens (tertiary/aromatic N) is 2. The number of ether oxygens (including phenoxy) is 1. The van der Waals surface area contributed by atoms with E-state index in [4.69, 9.17) is 16.3 Å². The summed E-state index contributed by atoms with van der Waals surface area (Å²) in [6, 6.07) is 25.0. The van der Waals surface area contributed by atoms with E-state index in [1.165, 1.54) is 10.7 Å². The Kier molecular flexibility index (Phi) is 7.23. The van der Waals surface area contributed by atoms with Crippen molar-refractivity contribution in [2.45, 2.75) is 6.92 Å². The average molecular weight is 489 g/mol. The van der Waals surface area contributed by atoms with E-state index in [2.05, 4.69) is 16.0 Å². The lowest BCUT2D eigenvalue weighted by atomic mass is 10.1. The average Bonchev–Trinajstić information content (AvgIpc) is 2.87. The van der Waals surface area contributed by atoms with Crippen LogP contribution in [0.4, 0.5) is 0 Å². The highest BCUT2D eigenvalue weighted by Gasteiger charge is 2.16. The van der Waals surface area contributed by atoms with Gasteiger partial charge in [-0.15, -0.1) is 0 Å². The molecule has 0 aliphatic carbocycles. The van der Waals surface area contributed by atoms with E-state index in [1.54, 1.807) is 43.3 Å². The monoisotopic (exact) mass is 488 g/mol. The largest absolute Gasteiger partial charge is 0.483 e. The quantitative estimate of drug-likeness (QED) is 0.403. The van der Waals surface area contributed by atoms with Gasteiger partial charge in [-0.1, -0.05) is 60.1 Å². The van der Waals surface area contributed by atoms with Crippen LogP contribution in [0.1, 0.15) is 16.2 Å². The third-order valence-corrected chi connectivity index (χ3v) is 5.29. The number of nitrogens with one attached hydrogen (secondary N) is 2. The zero-order valence-electron chi connectivity index (χ0n) is 18.7. The van der Waals surface area contributed by atoms with Gasteiger partial charge in [-0.2, -0.15) is 5.10 Å². The third kappa shape index (κ3) is 5.74. The molecule has 35 heavy (non-hydrogen) atoms. The molecule has 0 saturated heterocycles. The highest BCUT2D eigenvalue weighted by Crippen LogP contribution is 2.29. The van der Waals surface area contributed by atoms with E-state index in [0.717, 1.165) is 11.1 Å². The second kappa shape index (κ2) is 10.7. The molecule has 0 fully saturated rings. The number of aromatic nitrogens is 2. The van der Waals surface area contributed by atoms with Crippen LogP contribution in [0.2, 0.25) is 5.02 Å². The van der Waals surface area contributed by atoms with Gasteiger partial charge in [0.05, 0.1) is 5.69 Å². The Morgan fingerprint density at radius 2 is 1.63 bits per heavy atom. The van der Waals surface area contributed by atoms with Crippen molar-refractivity contribution < 1.29 is 14.3 Å². The van der Waals surface area contributed by atoms with E-state index in [-0.39, 0.29) is 12.3 Å². The molecular weight excluding hydrogens is 468 g/mol. The number of amides is 2. The Hall–Kier alpha value is -4.43. The number of carbonyl (C=O) groups excluding carboxylic acids is 2. The van der Waals surface area contributed by atoms with Crippen LogP contribution in [0.25, 0.3) is 16.8 Å². The molecule has 2 amide bonds. The van der Waals surface area contributed by atoms with Gasteiger partial charge in [-0.3, -0.25) is 25.2 Å².